The first-order valence-corrected chi connectivity index (χ1v) is 9.44. The molecular formula is C17H30N2S. The minimum Gasteiger partial charge on any atom is -0.359 e. The third kappa shape index (κ3) is 3.35. The Morgan fingerprint density at radius 1 is 1.15 bits per heavy atom. The van der Waals surface area contributed by atoms with Gasteiger partial charge in [0.1, 0.15) is 0 Å². The molecule has 1 aliphatic heterocycles. The summed E-state index contributed by atoms with van der Waals surface area (Å²) in [4.78, 5) is 5.07. The maximum atomic E-state index is 5.07. The molecule has 2 nitrogen and oxygen atoms in total. The Labute approximate surface area is 128 Å². The number of amidine groups is 1. The Morgan fingerprint density at radius 3 is 2.60 bits per heavy atom. The molecule has 3 heteroatoms. The quantitative estimate of drug-likeness (QED) is 0.764. The molecule has 3 aliphatic rings. The summed E-state index contributed by atoms with van der Waals surface area (Å²) in [6, 6.07) is 0.561. The number of aliphatic imine (C=N–C) groups is 1. The lowest BCUT2D eigenvalue weighted by atomic mass is 9.75. The largest absolute Gasteiger partial charge is 0.359 e. The number of nitrogens with zero attached hydrogens (tertiary/aromatic N) is 1. The van der Waals surface area contributed by atoms with Crippen LogP contribution < -0.4 is 5.32 Å². The van der Waals surface area contributed by atoms with Crippen molar-refractivity contribution in [1.82, 2.24) is 5.32 Å². The maximum absolute atomic E-state index is 5.07. The second-order valence-electron chi connectivity index (χ2n) is 8.23. The highest BCUT2D eigenvalue weighted by molar-refractivity contribution is 8.14. The zero-order chi connectivity index (χ0) is 14.2. The zero-order valence-electron chi connectivity index (χ0n) is 13.4. The van der Waals surface area contributed by atoms with Crippen molar-refractivity contribution in [3.63, 3.8) is 0 Å². The summed E-state index contributed by atoms with van der Waals surface area (Å²) in [7, 11) is 0. The van der Waals surface area contributed by atoms with E-state index in [0.29, 0.717) is 17.0 Å². The Kier molecular flexibility index (Phi) is 4.09. The monoisotopic (exact) mass is 294 g/mol. The van der Waals surface area contributed by atoms with Gasteiger partial charge in [0.25, 0.3) is 0 Å². The fourth-order valence-corrected chi connectivity index (χ4v) is 5.38. The fourth-order valence-electron chi connectivity index (χ4n) is 4.09. The molecule has 1 atom stereocenters. The molecule has 0 bridgehead atoms. The summed E-state index contributed by atoms with van der Waals surface area (Å²) in [5.41, 5.74) is 0.883. The minimum absolute atomic E-state index is 0.389. The first-order valence-electron chi connectivity index (χ1n) is 8.45. The van der Waals surface area contributed by atoms with Crippen LogP contribution in [0.1, 0.15) is 72.1 Å². The van der Waals surface area contributed by atoms with Crippen LogP contribution in [0.5, 0.6) is 0 Å². The molecule has 1 spiro atoms. The fraction of sp³-hybridized carbons (Fsp3) is 0.941. The molecule has 1 heterocycles. The van der Waals surface area contributed by atoms with E-state index in [9.17, 15) is 0 Å². The van der Waals surface area contributed by atoms with Gasteiger partial charge < -0.3 is 5.32 Å². The van der Waals surface area contributed by atoms with Crippen molar-refractivity contribution in [2.45, 2.75) is 83.7 Å². The summed E-state index contributed by atoms with van der Waals surface area (Å²) >= 11 is 1.98. The van der Waals surface area contributed by atoms with Gasteiger partial charge in [-0.05, 0) is 56.3 Å². The lowest BCUT2D eigenvalue weighted by Crippen LogP contribution is -2.46. The molecule has 3 rings (SSSR count). The molecule has 0 aromatic heterocycles. The van der Waals surface area contributed by atoms with Gasteiger partial charge in [-0.15, -0.1) is 0 Å². The Hall–Kier alpha value is -0.180. The van der Waals surface area contributed by atoms with Crippen molar-refractivity contribution in [2.24, 2.45) is 16.3 Å². The van der Waals surface area contributed by atoms with Crippen LogP contribution in [0, 0.1) is 11.3 Å². The zero-order valence-corrected chi connectivity index (χ0v) is 14.2. The van der Waals surface area contributed by atoms with E-state index in [4.69, 9.17) is 4.99 Å². The summed E-state index contributed by atoms with van der Waals surface area (Å²) in [5, 5.41) is 5.07. The number of hydrogen-bond donors (Lipinski definition) is 1. The van der Waals surface area contributed by atoms with Crippen molar-refractivity contribution in [1.29, 1.82) is 0 Å². The Morgan fingerprint density at radius 2 is 1.90 bits per heavy atom. The van der Waals surface area contributed by atoms with Gasteiger partial charge in [0.15, 0.2) is 5.17 Å². The molecule has 1 saturated heterocycles. The van der Waals surface area contributed by atoms with E-state index in [1.807, 2.05) is 11.8 Å². The third-order valence-electron chi connectivity index (χ3n) is 5.57. The smallest absolute Gasteiger partial charge is 0.157 e. The molecule has 0 radical (unpaired) electrons. The summed E-state index contributed by atoms with van der Waals surface area (Å²) in [5.74, 6) is 2.17. The topological polar surface area (TPSA) is 24.4 Å². The van der Waals surface area contributed by atoms with Crippen molar-refractivity contribution >= 4 is 16.9 Å². The highest BCUT2D eigenvalue weighted by Crippen LogP contribution is 2.40. The van der Waals surface area contributed by atoms with E-state index in [1.54, 1.807) is 0 Å². The predicted octanol–water partition coefficient (Wildman–Crippen LogP) is 4.60. The molecule has 3 fully saturated rings. The van der Waals surface area contributed by atoms with E-state index in [2.05, 4.69) is 26.1 Å². The third-order valence-corrected chi connectivity index (χ3v) is 6.75. The second kappa shape index (κ2) is 5.55. The first-order chi connectivity index (χ1) is 9.46. The molecule has 0 aromatic rings. The van der Waals surface area contributed by atoms with Crippen LogP contribution in [0.3, 0.4) is 0 Å². The molecule has 0 amide bonds. The lowest BCUT2D eigenvalue weighted by molar-refractivity contribution is 0.221. The predicted molar refractivity (Wildman–Crippen MR) is 89.4 cm³/mol. The van der Waals surface area contributed by atoms with Gasteiger partial charge in [-0.3, -0.25) is 4.99 Å². The van der Waals surface area contributed by atoms with Crippen molar-refractivity contribution in [3.05, 3.63) is 0 Å². The van der Waals surface area contributed by atoms with Crippen LogP contribution >= 0.6 is 11.8 Å². The summed E-state index contributed by atoms with van der Waals surface area (Å²) in [6.45, 7) is 7.20. The van der Waals surface area contributed by atoms with Gasteiger partial charge >= 0.3 is 0 Å². The number of rotatable bonds is 1. The highest BCUT2D eigenvalue weighted by Gasteiger charge is 2.40. The van der Waals surface area contributed by atoms with Crippen LogP contribution in [0.15, 0.2) is 4.99 Å². The van der Waals surface area contributed by atoms with Gasteiger partial charge in [0.2, 0.25) is 0 Å². The Balaban J connectivity index is 1.60. The Bertz CT molecular complexity index is 380. The molecular weight excluding hydrogens is 264 g/mol. The van der Waals surface area contributed by atoms with Crippen molar-refractivity contribution in [2.75, 3.05) is 5.75 Å². The molecule has 1 unspecified atom stereocenters. The molecule has 20 heavy (non-hydrogen) atoms. The minimum atomic E-state index is 0.389. The van der Waals surface area contributed by atoms with Gasteiger partial charge in [-0.1, -0.05) is 39.0 Å². The maximum Gasteiger partial charge on any atom is 0.157 e. The average molecular weight is 295 g/mol. The second-order valence-corrected chi connectivity index (χ2v) is 9.19. The first kappa shape index (κ1) is 14.7. The van der Waals surface area contributed by atoms with Gasteiger partial charge in [-0.2, -0.15) is 0 Å². The van der Waals surface area contributed by atoms with Crippen LogP contribution in [-0.4, -0.2) is 22.5 Å². The number of hydrogen-bond acceptors (Lipinski definition) is 2. The number of nitrogens with one attached hydrogen (secondary N) is 1. The molecule has 2 aliphatic carbocycles. The van der Waals surface area contributed by atoms with Gasteiger partial charge in [-0.25, -0.2) is 0 Å². The van der Waals surface area contributed by atoms with E-state index < -0.39 is 0 Å². The number of thioether (sulfide) groups is 1. The molecule has 0 aromatic carbocycles. The summed E-state index contributed by atoms with van der Waals surface area (Å²) in [6.07, 6.45) is 10.7. The average Bonchev–Trinajstić information content (AvgIpc) is 2.76. The standard InChI is InChI=1S/C17H30N2S/c1-13-6-9-17(10-7-13)12-20-15(19-17)18-14-5-4-8-16(2,3)11-14/h13-14H,4-12H2,1-3H3,(H,18,19). The van der Waals surface area contributed by atoms with E-state index in [0.717, 1.165) is 5.92 Å². The normalized spacial score (nSPS) is 42.9. The highest BCUT2D eigenvalue weighted by atomic mass is 32.2. The van der Waals surface area contributed by atoms with E-state index in [1.165, 1.54) is 62.3 Å². The SMILES string of the molecule is CC1CCC2(CC1)CSC(=NC1CCCC(C)(C)C1)N2. The van der Waals surface area contributed by atoms with Crippen molar-refractivity contribution < 1.29 is 0 Å². The molecule has 1 N–H and O–H groups in total. The van der Waals surface area contributed by atoms with Crippen LogP contribution in [-0.2, 0) is 0 Å². The summed E-state index contributed by atoms with van der Waals surface area (Å²) < 4.78 is 0. The molecule has 114 valence electrons. The van der Waals surface area contributed by atoms with Crippen LogP contribution in [0.25, 0.3) is 0 Å². The molecule has 2 saturated carbocycles. The lowest BCUT2D eigenvalue weighted by Gasteiger charge is -2.36. The van der Waals surface area contributed by atoms with Crippen LogP contribution in [0.2, 0.25) is 0 Å². The van der Waals surface area contributed by atoms with E-state index >= 15 is 0 Å². The van der Waals surface area contributed by atoms with Crippen LogP contribution in [0.4, 0.5) is 0 Å². The van der Waals surface area contributed by atoms with Gasteiger partial charge in [0.05, 0.1) is 6.04 Å². The van der Waals surface area contributed by atoms with Gasteiger partial charge in [0, 0.05) is 11.3 Å². The van der Waals surface area contributed by atoms with E-state index in [-0.39, 0.29) is 0 Å². The van der Waals surface area contributed by atoms with Crippen molar-refractivity contribution in [3.8, 4) is 0 Å².